The maximum Gasteiger partial charge on any atom is 0.288 e. The molecule has 0 aliphatic rings. The lowest BCUT2D eigenvalue weighted by molar-refractivity contribution is 0.102. The maximum absolute atomic E-state index is 12.9. The number of halogens is 2. The number of aromatic nitrogens is 1. The molecule has 11 heteroatoms. The molecule has 6 nitrogen and oxygen atoms in total. The number of anilines is 2. The van der Waals surface area contributed by atoms with Gasteiger partial charge in [0, 0.05) is 16.3 Å². The second kappa shape index (κ2) is 9.33. The first-order chi connectivity index (χ1) is 14.5. The van der Waals surface area contributed by atoms with Crippen molar-refractivity contribution in [2.24, 2.45) is 0 Å². The lowest BCUT2D eigenvalue weighted by Gasteiger charge is -2.13. The van der Waals surface area contributed by atoms with Gasteiger partial charge in [-0.3, -0.25) is 9.52 Å². The third kappa shape index (κ3) is 5.81. The van der Waals surface area contributed by atoms with Crippen LogP contribution in [-0.4, -0.2) is 25.1 Å². The van der Waals surface area contributed by atoms with E-state index in [-0.39, 0.29) is 16.5 Å². The number of hydrogen-bond acceptors (Lipinski definition) is 6. The summed E-state index contributed by atoms with van der Waals surface area (Å²) in [6.07, 6.45) is 0. The Labute approximate surface area is 187 Å². The molecule has 3 rings (SSSR count). The minimum Gasteiger partial charge on any atom is -0.321 e. The molecule has 2 aromatic carbocycles. The molecule has 0 radical (unpaired) electrons. The number of aryl methyl sites for hydroxylation is 3. The second-order valence-corrected chi connectivity index (χ2v) is 10.5. The van der Waals surface area contributed by atoms with E-state index in [1.165, 1.54) is 41.7 Å². The molecule has 0 unspecified atom stereocenters. The lowest BCUT2D eigenvalue weighted by Crippen LogP contribution is -2.16. The summed E-state index contributed by atoms with van der Waals surface area (Å²) < 4.78 is 53.1. The van der Waals surface area contributed by atoms with Crippen molar-refractivity contribution in [1.29, 1.82) is 0 Å². The number of carbonyl (C=O) groups is 1. The first-order valence-corrected chi connectivity index (χ1v) is 12.2. The monoisotopic (exact) mass is 483 g/mol. The van der Waals surface area contributed by atoms with Gasteiger partial charge in [0.15, 0.2) is 0 Å². The number of nitrogens with zero attached hydrogens (tertiary/aromatic N) is 1. The van der Waals surface area contributed by atoms with Crippen LogP contribution >= 0.6 is 23.1 Å². The fraction of sp³-hybridized carbons (Fsp3) is 0.200. The number of hydrogen-bond donors (Lipinski definition) is 2. The molecule has 0 aliphatic carbocycles. The summed E-state index contributed by atoms with van der Waals surface area (Å²) in [5.74, 6) is -2.92. The van der Waals surface area contributed by atoms with Crippen molar-refractivity contribution in [2.45, 2.75) is 36.3 Å². The van der Waals surface area contributed by atoms with E-state index >= 15 is 0 Å². The Balaban J connectivity index is 1.81. The molecule has 31 heavy (non-hydrogen) atoms. The van der Waals surface area contributed by atoms with E-state index in [1.54, 1.807) is 32.9 Å². The number of nitrogens with one attached hydrogen (secondary N) is 2. The van der Waals surface area contributed by atoms with E-state index in [2.05, 4.69) is 15.0 Å². The van der Waals surface area contributed by atoms with Crippen LogP contribution in [0.1, 0.15) is 25.9 Å². The fourth-order valence-electron chi connectivity index (χ4n) is 2.81. The zero-order valence-corrected chi connectivity index (χ0v) is 19.2. The highest BCUT2D eigenvalue weighted by Crippen LogP contribution is 2.28. The van der Waals surface area contributed by atoms with E-state index in [0.29, 0.717) is 38.5 Å². The number of sulfonamides is 1. The van der Waals surface area contributed by atoms with Crippen LogP contribution in [0.5, 0.6) is 0 Å². The molecule has 0 spiro atoms. The minimum absolute atomic E-state index is 0.00598. The van der Waals surface area contributed by atoms with E-state index in [1.807, 2.05) is 0 Å². The molecule has 0 aliphatic heterocycles. The lowest BCUT2D eigenvalue weighted by atomic mass is 10.2. The van der Waals surface area contributed by atoms with Crippen molar-refractivity contribution in [2.75, 3.05) is 10.0 Å². The summed E-state index contributed by atoms with van der Waals surface area (Å²) in [6.45, 7) is 5.17. The normalized spacial score (nSPS) is 11.5. The number of amides is 1. The summed E-state index contributed by atoms with van der Waals surface area (Å²) in [4.78, 5) is 17.5. The summed E-state index contributed by atoms with van der Waals surface area (Å²) in [7, 11) is -3.97. The Morgan fingerprint density at radius 2 is 1.71 bits per heavy atom. The molecule has 164 valence electrons. The molecule has 0 saturated carbocycles. The molecule has 3 aromatic rings. The Morgan fingerprint density at radius 3 is 2.29 bits per heavy atom. The molecule has 0 atom stereocenters. The molecular formula is C20H19F2N3O3S3. The third-order valence-corrected chi connectivity index (χ3v) is 7.49. The van der Waals surface area contributed by atoms with Gasteiger partial charge < -0.3 is 5.32 Å². The molecule has 0 bridgehead atoms. The average Bonchev–Trinajstić information content (AvgIpc) is 3.02. The molecular weight excluding hydrogens is 464 g/mol. The highest BCUT2D eigenvalue weighted by atomic mass is 32.2. The van der Waals surface area contributed by atoms with Gasteiger partial charge in [-0.1, -0.05) is 17.8 Å². The first-order valence-electron chi connectivity index (χ1n) is 8.99. The Kier molecular flexibility index (Phi) is 6.97. The number of thioether (sulfide) groups is 1. The maximum atomic E-state index is 12.9. The average molecular weight is 484 g/mol. The van der Waals surface area contributed by atoms with E-state index in [9.17, 15) is 22.0 Å². The minimum atomic E-state index is -3.97. The van der Waals surface area contributed by atoms with Gasteiger partial charge in [-0.05, 0) is 62.7 Å². The van der Waals surface area contributed by atoms with Crippen molar-refractivity contribution >= 4 is 50.4 Å². The van der Waals surface area contributed by atoms with Crippen LogP contribution in [0.2, 0.25) is 0 Å². The smallest absolute Gasteiger partial charge is 0.288 e. The Morgan fingerprint density at radius 1 is 1.06 bits per heavy atom. The van der Waals surface area contributed by atoms with Gasteiger partial charge in [0.25, 0.3) is 21.7 Å². The predicted molar refractivity (Wildman–Crippen MR) is 120 cm³/mol. The Bertz CT molecular complexity index is 1210. The van der Waals surface area contributed by atoms with E-state index in [4.69, 9.17) is 0 Å². The summed E-state index contributed by atoms with van der Waals surface area (Å²) >= 11 is 1.64. The van der Waals surface area contributed by atoms with E-state index < -0.39 is 15.8 Å². The molecule has 2 N–H and O–H groups in total. The zero-order chi connectivity index (χ0) is 22.8. The highest BCUT2D eigenvalue weighted by molar-refractivity contribution is 7.99. The highest BCUT2D eigenvalue weighted by Gasteiger charge is 2.20. The third-order valence-electron chi connectivity index (χ3n) is 4.18. The van der Waals surface area contributed by atoms with E-state index in [0.717, 1.165) is 5.01 Å². The number of benzene rings is 2. The summed E-state index contributed by atoms with van der Waals surface area (Å²) in [5, 5.41) is 3.47. The Hall–Kier alpha value is -2.50. The largest absolute Gasteiger partial charge is 0.321 e. The van der Waals surface area contributed by atoms with Gasteiger partial charge in [-0.25, -0.2) is 13.4 Å². The number of alkyl halides is 2. The summed E-state index contributed by atoms with van der Waals surface area (Å²) in [5.41, 5.74) is 1.66. The predicted octanol–water partition coefficient (Wildman–Crippen LogP) is 5.44. The standard InChI is InChI=1S/C20H19F2N3O3S3/c1-11-4-5-15(24-19(26)18-12(2)23-13(3)29-18)10-17(11)31(27,28)25-14-6-8-16(9-7-14)30-20(21)22/h4-10,20,25H,1-3H3,(H,24,26). The summed E-state index contributed by atoms with van der Waals surface area (Å²) in [6, 6.07) is 10.2. The van der Waals surface area contributed by atoms with Gasteiger partial charge in [0.05, 0.1) is 15.6 Å². The van der Waals surface area contributed by atoms with Crippen LogP contribution in [0.25, 0.3) is 0 Å². The first kappa shape index (κ1) is 23.2. The fourth-order valence-corrected chi connectivity index (χ4v) is 5.46. The molecule has 0 saturated heterocycles. The van der Waals surface area contributed by atoms with Gasteiger partial charge in [-0.15, -0.1) is 11.3 Å². The van der Waals surface area contributed by atoms with Crippen molar-refractivity contribution < 1.29 is 22.0 Å². The molecule has 1 heterocycles. The van der Waals surface area contributed by atoms with Gasteiger partial charge >= 0.3 is 0 Å². The number of thiazole rings is 1. The van der Waals surface area contributed by atoms with Gasteiger partial charge in [-0.2, -0.15) is 8.78 Å². The van der Waals surface area contributed by atoms with Gasteiger partial charge in [0.2, 0.25) is 0 Å². The zero-order valence-electron chi connectivity index (χ0n) is 16.8. The van der Waals surface area contributed by atoms with Crippen molar-refractivity contribution in [3.05, 3.63) is 63.6 Å². The number of rotatable bonds is 7. The van der Waals surface area contributed by atoms with Crippen molar-refractivity contribution in [3.8, 4) is 0 Å². The molecule has 1 aromatic heterocycles. The van der Waals surface area contributed by atoms with Crippen LogP contribution in [0.15, 0.2) is 52.3 Å². The van der Waals surface area contributed by atoms with Crippen LogP contribution < -0.4 is 10.0 Å². The van der Waals surface area contributed by atoms with Crippen LogP contribution in [0.3, 0.4) is 0 Å². The number of carbonyl (C=O) groups excluding carboxylic acids is 1. The molecule has 1 amide bonds. The van der Waals surface area contributed by atoms with Crippen molar-refractivity contribution in [1.82, 2.24) is 4.98 Å². The van der Waals surface area contributed by atoms with Gasteiger partial charge in [0.1, 0.15) is 4.88 Å². The SMILES string of the molecule is Cc1nc(C)c(C(=O)Nc2ccc(C)c(S(=O)(=O)Nc3ccc(SC(F)F)cc3)c2)s1. The second-order valence-electron chi connectivity index (χ2n) is 6.59. The van der Waals surface area contributed by atoms with Crippen LogP contribution in [0, 0.1) is 20.8 Å². The van der Waals surface area contributed by atoms with Crippen LogP contribution in [-0.2, 0) is 10.0 Å². The molecule has 0 fully saturated rings. The quantitative estimate of drug-likeness (QED) is 0.437. The van der Waals surface area contributed by atoms with Crippen molar-refractivity contribution in [3.63, 3.8) is 0 Å². The van der Waals surface area contributed by atoms with Crippen LogP contribution in [0.4, 0.5) is 20.2 Å². The topological polar surface area (TPSA) is 88.2 Å².